The molecule has 0 aliphatic heterocycles. The van der Waals surface area contributed by atoms with E-state index in [1.807, 2.05) is 60.7 Å². The molecule has 1 amide bonds. The summed E-state index contributed by atoms with van der Waals surface area (Å²) in [5, 5.41) is 6.18. The Hall–Kier alpha value is -2.98. The number of hydrogen-bond donors (Lipinski definition) is 2. The van der Waals surface area contributed by atoms with Gasteiger partial charge in [0.25, 0.3) is 0 Å². The van der Waals surface area contributed by atoms with E-state index in [1.165, 1.54) is 12.1 Å². The fourth-order valence-electron chi connectivity index (χ4n) is 2.78. The Morgan fingerprint density at radius 1 is 0.808 bits per heavy atom. The van der Waals surface area contributed by atoms with Crippen molar-refractivity contribution in [1.29, 1.82) is 0 Å². The molecule has 0 spiro atoms. The first-order chi connectivity index (χ1) is 12.7. The topological polar surface area (TPSA) is 41.1 Å². The minimum absolute atomic E-state index is 0.0928. The van der Waals surface area contributed by atoms with Crippen molar-refractivity contribution in [1.82, 2.24) is 10.6 Å². The van der Waals surface area contributed by atoms with E-state index >= 15 is 0 Å². The first kappa shape index (κ1) is 17.8. The van der Waals surface area contributed by atoms with Crippen molar-refractivity contribution >= 4 is 5.91 Å². The van der Waals surface area contributed by atoms with Crippen LogP contribution in [0.2, 0.25) is 0 Å². The minimum Gasteiger partial charge on any atom is -0.344 e. The second kappa shape index (κ2) is 8.92. The van der Waals surface area contributed by atoms with Crippen LogP contribution < -0.4 is 10.6 Å². The quantitative estimate of drug-likeness (QED) is 0.681. The van der Waals surface area contributed by atoms with Crippen LogP contribution in [0.15, 0.2) is 84.9 Å². The number of nitrogens with one attached hydrogen (secondary N) is 2. The van der Waals surface area contributed by atoms with Crippen LogP contribution in [-0.2, 0) is 11.3 Å². The fraction of sp³-hybridized carbons (Fsp3) is 0.136. The summed E-state index contributed by atoms with van der Waals surface area (Å²) in [6.45, 7) is 0.697. The Kier molecular flexibility index (Phi) is 6.12. The average molecular weight is 348 g/mol. The van der Waals surface area contributed by atoms with Gasteiger partial charge < -0.3 is 10.6 Å². The summed E-state index contributed by atoms with van der Waals surface area (Å²) in [6.07, 6.45) is 0. The summed E-state index contributed by atoms with van der Waals surface area (Å²) in [4.78, 5) is 12.4. The zero-order valence-electron chi connectivity index (χ0n) is 14.4. The van der Waals surface area contributed by atoms with Crippen molar-refractivity contribution in [3.05, 3.63) is 107 Å². The van der Waals surface area contributed by atoms with Gasteiger partial charge in [-0.05, 0) is 28.8 Å². The van der Waals surface area contributed by atoms with Crippen LogP contribution in [0.5, 0.6) is 0 Å². The van der Waals surface area contributed by atoms with Gasteiger partial charge in [0.15, 0.2) is 0 Å². The van der Waals surface area contributed by atoms with E-state index < -0.39 is 0 Å². The molecule has 0 fully saturated rings. The first-order valence-corrected chi connectivity index (χ1v) is 8.57. The molecule has 0 unspecified atom stereocenters. The number of benzene rings is 3. The van der Waals surface area contributed by atoms with Gasteiger partial charge in [-0.15, -0.1) is 0 Å². The molecule has 3 nitrogen and oxygen atoms in total. The summed E-state index contributed by atoms with van der Waals surface area (Å²) >= 11 is 0. The number of carbonyl (C=O) groups excluding carboxylic acids is 1. The zero-order valence-corrected chi connectivity index (χ0v) is 14.4. The molecule has 0 aliphatic carbocycles. The average Bonchev–Trinajstić information content (AvgIpc) is 2.69. The Bertz CT molecular complexity index is 780. The molecule has 0 atom stereocenters. The third-order valence-corrected chi connectivity index (χ3v) is 4.10. The van der Waals surface area contributed by atoms with Gasteiger partial charge in [0.05, 0.1) is 12.6 Å². The van der Waals surface area contributed by atoms with Crippen LogP contribution in [0.25, 0.3) is 0 Å². The number of halogens is 1. The highest BCUT2D eigenvalue weighted by Gasteiger charge is 2.16. The second-order valence-electron chi connectivity index (χ2n) is 6.05. The lowest BCUT2D eigenvalue weighted by molar-refractivity contribution is -0.120. The molecule has 0 saturated carbocycles. The van der Waals surface area contributed by atoms with E-state index in [0.29, 0.717) is 6.54 Å². The Labute approximate surface area is 152 Å². The van der Waals surface area contributed by atoms with E-state index in [4.69, 9.17) is 0 Å². The van der Waals surface area contributed by atoms with Crippen LogP contribution in [-0.4, -0.2) is 12.5 Å². The summed E-state index contributed by atoms with van der Waals surface area (Å²) in [7, 11) is 0. The Balaban J connectivity index is 1.61. The van der Waals surface area contributed by atoms with Crippen LogP contribution in [0.4, 0.5) is 4.39 Å². The highest BCUT2D eigenvalue weighted by molar-refractivity contribution is 5.79. The monoisotopic (exact) mass is 348 g/mol. The Morgan fingerprint density at radius 2 is 1.35 bits per heavy atom. The van der Waals surface area contributed by atoms with Gasteiger partial charge in [-0.3, -0.25) is 4.79 Å². The summed E-state index contributed by atoms with van der Waals surface area (Å²) in [6, 6.07) is 25.8. The van der Waals surface area contributed by atoms with E-state index in [2.05, 4.69) is 10.6 Å². The lowest BCUT2D eigenvalue weighted by atomic mass is 9.99. The summed E-state index contributed by atoms with van der Waals surface area (Å²) in [5.74, 6) is -0.357. The van der Waals surface area contributed by atoms with Gasteiger partial charge in [-0.2, -0.15) is 0 Å². The molecule has 132 valence electrons. The summed E-state index contributed by atoms with van der Waals surface area (Å²) in [5.41, 5.74) is 3.00. The van der Waals surface area contributed by atoms with Gasteiger partial charge in [-0.25, -0.2) is 4.39 Å². The van der Waals surface area contributed by atoms with Crippen molar-refractivity contribution in [3.63, 3.8) is 0 Å². The van der Waals surface area contributed by atoms with Crippen LogP contribution in [0.1, 0.15) is 22.7 Å². The molecule has 0 heterocycles. The minimum atomic E-state index is -0.264. The molecule has 3 aromatic carbocycles. The lowest BCUT2D eigenvalue weighted by Crippen LogP contribution is -2.36. The van der Waals surface area contributed by atoms with Gasteiger partial charge in [0.2, 0.25) is 5.91 Å². The molecule has 2 N–H and O–H groups in total. The maximum Gasteiger partial charge on any atom is 0.234 e. The van der Waals surface area contributed by atoms with Gasteiger partial charge in [0, 0.05) is 6.54 Å². The molecule has 0 aromatic heterocycles. The molecular weight excluding hydrogens is 327 g/mol. The third-order valence-electron chi connectivity index (χ3n) is 4.10. The molecular formula is C22H21FN2O. The van der Waals surface area contributed by atoms with Crippen molar-refractivity contribution in [3.8, 4) is 0 Å². The maximum absolute atomic E-state index is 12.9. The van der Waals surface area contributed by atoms with E-state index in [1.54, 1.807) is 12.1 Å². The van der Waals surface area contributed by atoms with Crippen molar-refractivity contribution in [2.75, 3.05) is 6.54 Å². The molecule has 4 heteroatoms. The molecule has 0 saturated heterocycles. The predicted molar refractivity (Wildman–Crippen MR) is 101 cm³/mol. The SMILES string of the molecule is O=C(CNCc1ccc(F)cc1)NC(c1ccccc1)c1ccccc1. The number of hydrogen-bond acceptors (Lipinski definition) is 2. The molecule has 26 heavy (non-hydrogen) atoms. The number of amides is 1. The van der Waals surface area contributed by atoms with Gasteiger partial charge >= 0.3 is 0 Å². The second-order valence-corrected chi connectivity index (χ2v) is 6.05. The molecule has 0 aliphatic rings. The Morgan fingerprint density at radius 3 is 1.88 bits per heavy atom. The number of carbonyl (C=O) groups is 1. The van der Waals surface area contributed by atoms with Gasteiger partial charge in [0.1, 0.15) is 5.82 Å². The smallest absolute Gasteiger partial charge is 0.234 e. The highest BCUT2D eigenvalue weighted by atomic mass is 19.1. The third kappa shape index (κ3) is 5.01. The lowest BCUT2D eigenvalue weighted by Gasteiger charge is -2.20. The molecule has 3 rings (SSSR count). The largest absolute Gasteiger partial charge is 0.344 e. The zero-order chi connectivity index (χ0) is 18.2. The van der Waals surface area contributed by atoms with E-state index in [-0.39, 0.29) is 24.3 Å². The molecule has 3 aromatic rings. The highest BCUT2D eigenvalue weighted by Crippen LogP contribution is 2.21. The molecule has 0 bridgehead atoms. The van der Waals surface area contributed by atoms with Crippen molar-refractivity contribution < 1.29 is 9.18 Å². The van der Waals surface area contributed by atoms with E-state index in [0.717, 1.165) is 16.7 Å². The predicted octanol–water partition coefficient (Wildman–Crippen LogP) is 3.82. The van der Waals surface area contributed by atoms with Crippen LogP contribution >= 0.6 is 0 Å². The van der Waals surface area contributed by atoms with Crippen LogP contribution in [0, 0.1) is 5.82 Å². The maximum atomic E-state index is 12.9. The van der Waals surface area contributed by atoms with Crippen molar-refractivity contribution in [2.45, 2.75) is 12.6 Å². The van der Waals surface area contributed by atoms with Gasteiger partial charge in [-0.1, -0.05) is 72.8 Å². The molecule has 0 radical (unpaired) electrons. The first-order valence-electron chi connectivity index (χ1n) is 8.57. The van der Waals surface area contributed by atoms with Crippen molar-refractivity contribution in [2.24, 2.45) is 0 Å². The van der Waals surface area contributed by atoms with Crippen LogP contribution in [0.3, 0.4) is 0 Å². The van der Waals surface area contributed by atoms with E-state index in [9.17, 15) is 9.18 Å². The summed E-state index contributed by atoms with van der Waals surface area (Å²) < 4.78 is 12.9. The fourth-order valence-corrected chi connectivity index (χ4v) is 2.78. The standard InChI is InChI=1S/C22H21FN2O/c23-20-13-11-17(12-14-20)15-24-16-21(26)25-22(18-7-3-1-4-8-18)19-9-5-2-6-10-19/h1-14,22,24H,15-16H2,(H,25,26). The normalized spacial score (nSPS) is 10.7. The number of rotatable bonds is 7.